The Kier molecular flexibility index (Phi) is 1.96. The number of carbonyl (C=O) groups is 1. The molecule has 2 bridgehead atoms. The first-order valence-electron chi connectivity index (χ1n) is 5.51. The van der Waals surface area contributed by atoms with Crippen LogP contribution in [0.5, 0.6) is 0 Å². The molecule has 0 heterocycles. The number of rotatable bonds is 1. The minimum atomic E-state index is -0.124. The summed E-state index contributed by atoms with van der Waals surface area (Å²) in [5.74, 6) is 0.624. The van der Waals surface area contributed by atoms with E-state index in [4.69, 9.17) is 4.74 Å². The van der Waals surface area contributed by atoms with Crippen LogP contribution in [0.25, 0.3) is 0 Å². The standard InChI is InChI=1S/C12H20O2/c1-8(13)14-10-5-9-6-12(10,4)7-11(9,2)3/h9-10H,5-7H2,1-4H3. The van der Waals surface area contributed by atoms with Gasteiger partial charge in [-0.15, -0.1) is 0 Å². The second-order valence-electron chi connectivity index (χ2n) is 6.05. The van der Waals surface area contributed by atoms with Crippen molar-refractivity contribution in [1.82, 2.24) is 0 Å². The molecule has 2 rings (SSSR count). The van der Waals surface area contributed by atoms with Gasteiger partial charge in [-0.1, -0.05) is 20.8 Å². The maximum atomic E-state index is 11.0. The summed E-state index contributed by atoms with van der Waals surface area (Å²) in [6.07, 6.45) is 3.68. The third-order valence-electron chi connectivity index (χ3n) is 4.26. The molecular formula is C12H20O2. The fourth-order valence-corrected chi connectivity index (χ4v) is 3.68. The Morgan fingerprint density at radius 1 is 1.36 bits per heavy atom. The molecule has 0 aromatic carbocycles. The van der Waals surface area contributed by atoms with Crippen molar-refractivity contribution in [1.29, 1.82) is 0 Å². The molecule has 0 aliphatic heterocycles. The summed E-state index contributed by atoms with van der Waals surface area (Å²) < 4.78 is 5.40. The smallest absolute Gasteiger partial charge is 0.302 e. The lowest BCUT2D eigenvalue weighted by atomic mass is 9.71. The highest BCUT2D eigenvalue weighted by Crippen LogP contribution is 2.63. The van der Waals surface area contributed by atoms with E-state index in [0.717, 1.165) is 12.3 Å². The van der Waals surface area contributed by atoms with Crippen LogP contribution in [0.2, 0.25) is 0 Å². The molecule has 2 fully saturated rings. The van der Waals surface area contributed by atoms with Gasteiger partial charge in [-0.25, -0.2) is 0 Å². The van der Waals surface area contributed by atoms with Crippen molar-refractivity contribution in [3.05, 3.63) is 0 Å². The molecule has 0 radical (unpaired) electrons. The van der Waals surface area contributed by atoms with Gasteiger partial charge in [0.25, 0.3) is 0 Å². The zero-order valence-electron chi connectivity index (χ0n) is 9.59. The number of hydrogen-bond donors (Lipinski definition) is 0. The molecule has 2 nitrogen and oxygen atoms in total. The maximum Gasteiger partial charge on any atom is 0.302 e. The van der Waals surface area contributed by atoms with E-state index in [1.807, 2.05) is 0 Å². The zero-order valence-corrected chi connectivity index (χ0v) is 9.59. The van der Waals surface area contributed by atoms with Crippen LogP contribution in [-0.4, -0.2) is 12.1 Å². The third kappa shape index (κ3) is 1.35. The first kappa shape index (κ1) is 10.0. The molecule has 2 saturated carbocycles. The van der Waals surface area contributed by atoms with Crippen molar-refractivity contribution in [3.8, 4) is 0 Å². The molecule has 14 heavy (non-hydrogen) atoms. The van der Waals surface area contributed by atoms with Crippen molar-refractivity contribution in [3.63, 3.8) is 0 Å². The highest BCUT2D eigenvalue weighted by molar-refractivity contribution is 5.66. The van der Waals surface area contributed by atoms with Crippen molar-refractivity contribution < 1.29 is 9.53 Å². The topological polar surface area (TPSA) is 26.3 Å². The van der Waals surface area contributed by atoms with E-state index in [9.17, 15) is 4.79 Å². The SMILES string of the molecule is CC(=O)OC1CC2CC1(C)CC2(C)C. The largest absolute Gasteiger partial charge is 0.462 e. The summed E-state index contributed by atoms with van der Waals surface area (Å²) in [5, 5.41) is 0. The van der Waals surface area contributed by atoms with Gasteiger partial charge in [-0.3, -0.25) is 4.79 Å². The molecule has 3 atom stereocenters. The van der Waals surface area contributed by atoms with Gasteiger partial charge >= 0.3 is 5.97 Å². The Balaban J connectivity index is 2.12. The minimum Gasteiger partial charge on any atom is -0.462 e. The van der Waals surface area contributed by atoms with E-state index in [0.29, 0.717) is 5.41 Å². The quantitative estimate of drug-likeness (QED) is 0.603. The molecule has 2 aliphatic carbocycles. The summed E-state index contributed by atoms with van der Waals surface area (Å²) in [6, 6.07) is 0. The normalized spacial score (nSPS) is 44.0. The fourth-order valence-electron chi connectivity index (χ4n) is 3.68. The van der Waals surface area contributed by atoms with Crippen LogP contribution in [0.15, 0.2) is 0 Å². The van der Waals surface area contributed by atoms with Gasteiger partial charge < -0.3 is 4.74 Å². The Labute approximate surface area is 86.0 Å². The number of carbonyl (C=O) groups excluding carboxylic acids is 1. The van der Waals surface area contributed by atoms with Gasteiger partial charge in [0.1, 0.15) is 6.10 Å². The molecular weight excluding hydrogens is 176 g/mol. The predicted octanol–water partition coefficient (Wildman–Crippen LogP) is 2.76. The zero-order chi connectivity index (χ0) is 10.6. The molecule has 0 amide bonds. The lowest BCUT2D eigenvalue weighted by Crippen LogP contribution is -2.36. The number of fused-ring (bicyclic) bond motifs is 2. The average Bonchev–Trinajstić information content (AvgIpc) is 2.35. The summed E-state index contributed by atoms with van der Waals surface area (Å²) in [5.41, 5.74) is 0.700. The van der Waals surface area contributed by atoms with Crippen LogP contribution in [0.3, 0.4) is 0 Å². The summed E-state index contributed by atoms with van der Waals surface area (Å²) >= 11 is 0. The molecule has 0 N–H and O–H groups in total. The molecule has 2 aliphatic rings. The lowest BCUT2D eigenvalue weighted by Gasteiger charge is -2.38. The lowest BCUT2D eigenvalue weighted by molar-refractivity contribution is -0.153. The van der Waals surface area contributed by atoms with Crippen LogP contribution in [0.4, 0.5) is 0 Å². The second-order valence-corrected chi connectivity index (χ2v) is 6.05. The van der Waals surface area contributed by atoms with Crippen molar-refractivity contribution in [2.45, 2.75) is 53.1 Å². The predicted molar refractivity (Wildman–Crippen MR) is 54.8 cm³/mol. The first-order chi connectivity index (χ1) is 6.33. The van der Waals surface area contributed by atoms with Gasteiger partial charge in [0.2, 0.25) is 0 Å². The molecule has 0 aromatic heterocycles. The minimum absolute atomic E-state index is 0.124. The van der Waals surface area contributed by atoms with Crippen LogP contribution >= 0.6 is 0 Å². The summed E-state index contributed by atoms with van der Waals surface area (Å²) in [7, 11) is 0. The van der Waals surface area contributed by atoms with E-state index in [1.54, 1.807) is 0 Å². The average molecular weight is 196 g/mol. The molecule has 0 saturated heterocycles. The van der Waals surface area contributed by atoms with Crippen LogP contribution < -0.4 is 0 Å². The van der Waals surface area contributed by atoms with E-state index in [2.05, 4.69) is 20.8 Å². The Morgan fingerprint density at radius 3 is 2.36 bits per heavy atom. The van der Waals surface area contributed by atoms with Crippen LogP contribution in [0, 0.1) is 16.7 Å². The van der Waals surface area contributed by atoms with E-state index in [1.165, 1.54) is 19.8 Å². The van der Waals surface area contributed by atoms with Gasteiger partial charge in [0.05, 0.1) is 0 Å². The van der Waals surface area contributed by atoms with Crippen molar-refractivity contribution >= 4 is 5.97 Å². The van der Waals surface area contributed by atoms with Gasteiger partial charge in [-0.05, 0) is 30.6 Å². The van der Waals surface area contributed by atoms with Crippen molar-refractivity contribution in [2.75, 3.05) is 0 Å². The van der Waals surface area contributed by atoms with Gasteiger partial charge in [0, 0.05) is 12.3 Å². The number of esters is 1. The Morgan fingerprint density at radius 2 is 2.00 bits per heavy atom. The van der Waals surface area contributed by atoms with E-state index >= 15 is 0 Å². The van der Waals surface area contributed by atoms with Crippen molar-refractivity contribution in [2.24, 2.45) is 16.7 Å². The fraction of sp³-hybridized carbons (Fsp3) is 0.917. The first-order valence-corrected chi connectivity index (χ1v) is 5.51. The highest BCUT2D eigenvalue weighted by atomic mass is 16.5. The van der Waals surface area contributed by atoms with Gasteiger partial charge in [0.15, 0.2) is 0 Å². The number of hydrogen-bond acceptors (Lipinski definition) is 2. The third-order valence-corrected chi connectivity index (χ3v) is 4.26. The van der Waals surface area contributed by atoms with Crippen LogP contribution in [-0.2, 0) is 9.53 Å². The number of ether oxygens (including phenoxy) is 1. The Hall–Kier alpha value is -0.530. The Bertz CT molecular complexity index is 269. The summed E-state index contributed by atoms with van der Waals surface area (Å²) in [6.45, 7) is 8.47. The molecule has 80 valence electrons. The van der Waals surface area contributed by atoms with Gasteiger partial charge in [-0.2, -0.15) is 0 Å². The summed E-state index contributed by atoms with van der Waals surface area (Å²) in [4.78, 5) is 11.0. The monoisotopic (exact) mass is 196 g/mol. The molecule has 3 unspecified atom stereocenters. The second kappa shape index (κ2) is 2.74. The molecule has 2 heteroatoms. The highest BCUT2D eigenvalue weighted by Gasteiger charge is 2.58. The molecule has 0 spiro atoms. The van der Waals surface area contributed by atoms with Crippen LogP contribution in [0.1, 0.15) is 47.0 Å². The van der Waals surface area contributed by atoms with E-state index < -0.39 is 0 Å². The maximum absolute atomic E-state index is 11.0. The molecule has 0 aromatic rings. The van der Waals surface area contributed by atoms with E-state index in [-0.39, 0.29) is 17.5 Å².